The molecule has 0 radical (unpaired) electrons. The van der Waals surface area contributed by atoms with Gasteiger partial charge in [-0.1, -0.05) is 19.3 Å². The molecule has 1 aliphatic carbocycles. The summed E-state index contributed by atoms with van der Waals surface area (Å²) in [7, 11) is 0. The number of rotatable bonds is 2. The van der Waals surface area contributed by atoms with Crippen LogP contribution in [0.15, 0.2) is 31.0 Å². The highest BCUT2D eigenvalue weighted by molar-refractivity contribution is 5.91. The Kier molecular flexibility index (Phi) is 4.38. The largest absolute Gasteiger partial charge is 0.324 e. The van der Waals surface area contributed by atoms with E-state index in [-0.39, 0.29) is 6.03 Å². The monoisotopic (exact) mass is 340 g/mol. The van der Waals surface area contributed by atoms with Crippen molar-refractivity contribution in [3.8, 4) is 5.82 Å². The number of nitrogens with one attached hydrogen (secondary N) is 1. The lowest BCUT2D eigenvalue weighted by Crippen LogP contribution is -2.45. The summed E-state index contributed by atoms with van der Waals surface area (Å²) in [5.41, 5.74) is 1.14. The molecule has 0 unspecified atom stereocenters. The predicted molar refractivity (Wildman–Crippen MR) is 94.5 cm³/mol. The van der Waals surface area contributed by atoms with Crippen LogP contribution >= 0.6 is 0 Å². The van der Waals surface area contributed by atoms with Crippen molar-refractivity contribution in [2.75, 3.05) is 18.4 Å². The molecule has 4 rings (SSSR count). The van der Waals surface area contributed by atoms with Crippen molar-refractivity contribution in [2.24, 2.45) is 5.41 Å². The smallest absolute Gasteiger partial charge is 0.321 e. The third kappa shape index (κ3) is 3.36. The molecule has 2 aromatic rings. The maximum atomic E-state index is 12.7. The highest BCUT2D eigenvalue weighted by Crippen LogP contribution is 2.44. The number of anilines is 1. The molecule has 2 fully saturated rings. The normalized spacial score (nSPS) is 19.8. The molecule has 3 heterocycles. The lowest BCUT2D eigenvalue weighted by Gasteiger charge is -2.44. The summed E-state index contributed by atoms with van der Waals surface area (Å²) in [5.74, 6) is 0.578. The van der Waals surface area contributed by atoms with Crippen LogP contribution in [0.2, 0.25) is 0 Å². The summed E-state index contributed by atoms with van der Waals surface area (Å²) >= 11 is 0. The molecular formula is C18H24N6O. The molecular weight excluding hydrogens is 316 g/mol. The second-order valence-electron chi connectivity index (χ2n) is 7.19. The van der Waals surface area contributed by atoms with Gasteiger partial charge in [-0.05, 0) is 43.2 Å². The first kappa shape index (κ1) is 16.1. The van der Waals surface area contributed by atoms with E-state index in [9.17, 15) is 4.79 Å². The van der Waals surface area contributed by atoms with Crippen LogP contribution in [0.4, 0.5) is 10.5 Å². The van der Waals surface area contributed by atoms with Crippen molar-refractivity contribution in [3.63, 3.8) is 0 Å². The fourth-order valence-electron chi connectivity index (χ4n) is 4.17. The Morgan fingerprint density at radius 2 is 1.92 bits per heavy atom. The molecule has 1 spiro atoms. The van der Waals surface area contributed by atoms with Gasteiger partial charge in [-0.2, -0.15) is 5.10 Å². The van der Waals surface area contributed by atoms with Gasteiger partial charge in [0.2, 0.25) is 0 Å². The van der Waals surface area contributed by atoms with Crippen molar-refractivity contribution in [1.29, 1.82) is 0 Å². The van der Waals surface area contributed by atoms with Crippen LogP contribution in [-0.4, -0.2) is 43.8 Å². The highest BCUT2D eigenvalue weighted by atomic mass is 16.2. The standard InChI is InChI=1S/C18H24N6O/c25-17(23-11-8-18(9-12-23)6-2-1-3-7-18)22-15-5-4-10-20-16(15)24-14-19-13-21-24/h4-5,10,13-14H,1-3,6-9,11-12H2,(H,22,25). The van der Waals surface area contributed by atoms with E-state index in [1.54, 1.807) is 17.2 Å². The lowest BCUT2D eigenvalue weighted by molar-refractivity contribution is 0.0849. The molecule has 2 aliphatic rings. The third-order valence-electron chi connectivity index (χ3n) is 5.69. The number of pyridine rings is 1. The minimum Gasteiger partial charge on any atom is -0.324 e. The van der Waals surface area contributed by atoms with Gasteiger partial charge in [-0.25, -0.2) is 19.4 Å². The molecule has 1 saturated carbocycles. The van der Waals surface area contributed by atoms with E-state index in [4.69, 9.17) is 0 Å². The van der Waals surface area contributed by atoms with Crippen molar-refractivity contribution >= 4 is 11.7 Å². The zero-order valence-corrected chi connectivity index (χ0v) is 14.4. The number of hydrogen-bond acceptors (Lipinski definition) is 4. The van der Waals surface area contributed by atoms with Crippen LogP contribution < -0.4 is 5.32 Å². The minimum absolute atomic E-state index is 0.0555. The second-order valence-corrected chi connectivity index (χ2v) is 7.19. The molecule has 25 heavy (non-hydrogen) atoms. The van der Waals surface area contributed by atoms with E-state index in [1.807, 2.05) is 17.0 Å². The number of aromatic nitrogens is 4. The number of hydrogen-bond donors (Lipinski definition) is 1. The number of carbonyl (C=O) groups excluding carboxylic acids is 1. The van der Waals surface area contributed by atoms with E-state index < -0.39 is 0 Å². The molecule has 7 nitrogen and oxygen atoms in total. The van der Waals surface area contributed by atoms with Crippen LogP contribution in [0.25, 0.3) is 5.82 Å². The van der Waals surface area contributed by atoms with Gasteiger partial charge in [0.05, 0.1) is 5.69 Å². The SMILES string of the molecule is O=C(Nc1cccnc1-n1cncn1)N1CCC2(CCCCC2)CC1. The molecule has 0 bridgehead atoms. The number of piperidine rings is 1. The number of likely N-dealkylation sites (tertiary alicyclic amines) is 1. The first-order valence-corrected chi connectivity index (χ1v) is 9.12. The molecule has 1 saturated heterocycles. The Hall–Kier alpha value is -2.44. The maximum absolute atomic E-state index is 12.7. The summed E-state index contributed by atoms with van der Waals surface area (Å²) in [6.45, 7) is 1.68. The first-order chi connectivity index (χ1) is 12.3. The van der Waals surface area contributed by atoms with Gasteiger partial charge < -0.3 is 10.2 Å². The van der Waals surface area contributed by atoms with Gasteiger partial charge in [-0.15, -0.1) is 0 Å². The van der Waals surface area contributed by atoms with Crippen molar-refractivity contribution in [2.45, 2.75) is 44.9 Å². The van der Waals surface area contributed by atoms with Gasteiger partial charge >= 0.3 is 6.03 Å². The van der Waals surface area contributed by atoms with Crippen LogP contribution in [0, 0.1) is 5.41 Å². The summed E-state index contributed by atoms with van der Waals surface area (Å²) in [5, 5.41) is 7.10. The van der Waals surface area contributed by atoms with Gasteiger partial charge in [0.1, 0.15) is 12.7 Å². The Balaban J connectivity index is 1.42. The summed E-state index contributed by atoms with van der Waals surface area (Å²) < 4.78 is 1.56. The van der Waals surface area contributed by atoms with E-state index in [0.29, 0.717) is 16.9 Å². The summed E-state index contributed by atoms with van der Waals surface area (Å²) in [6, 6.07) is 3.60. The minimum atomic E-state index is -0.0555. The average Bonchev–Trinajstić information content (AvgIpc) is 3.18. The number of urea groups is 1. The number of amides is 2. The van der Waals surface area contributed by atoms with Gasteiger partial charge in [-0.3, -0.25) is 0 Å². The van der Waals surface area contributed by atoms with Crippen molar-refractivity contribution in [3.05, 3.63) is 31.0 Å². The van der Waals surface area contributed by atoms with Crippen LogP contribution in [0.3, 0.4) is 0 Å². The van der Waals surface area contributed by atoms with Crippen LogP contribution in [-0.2, 0) is 0 Å². The van der Waals surface area contributed by atoms with Crippen molar-refractivity contribution in [1.82, 2.24) is 24.6 Å². The lowest BCUT2D eigenvalue weighted by atomic mass is 9.68. The third-order valence-corrected chi connectivity index (χ3v) is 5.69. The fourth-order valence-corrected chi connectivity index (χ4v) is 4.17. The number of carbonyl (C=O) groups is 1. The predicted octanol–water partition coefficient (Wildman–Crippen LogP) is 3.24. The molecule has 1 N–H and O–H groups in total. The van der Waals surface area contributed by atoms with Crippen molar-refractivity contribution < 1.29 is 4.79 Å². The van der Waals surface area contributed by atoms with E-state index in [1.165, 1.54) is 38.4 Å². The molecule has 7 heteroatoms. The number of nitrogens with zero attached hydrogens (tertiary/aromatic N) is 5. The van der Waals surface area contributed by atoms with Gasteiger partial charge in [0, 0.05) is 19.3 Å². The average molecular weight is 340 g/mol. The fraction of sp³-hybridized carbons (Fsp3) is 0.556. The second kappa shape index (κ2) is 6.82. The summed E-state index contributed by atoms with van der Waals surface area (Å²) in [4.78, 5) is 22.9. The highest BCUT2D eigenvalue weighted by Gasteiger charge is 2.36. The van der Waals surface area contributed by atoms with E-state index in [2.05, 4.69) is 20.4 Å². The Bertz CT molecular complexity index is 713. The van der Waals surface area contributed by atoms with Gasteiger partial charge in [0.25, 0.3) is 0 Å². The first-order valence-electron chi connectivity index (χ1n) is 9.12. The maximum Gasteiger partial charge on any atom is 0.321 e. The zero-order chi connectivity index (χ0) is 17.1. The Labute approximate surface area is 147 Å². The molecule has 1 aliphatic heterocycles. The zero-order valence-electron chi connectivity index (χ0n) is 14.4. The van der Waals surface area contributed by atoms with Gasteiger partial charge in [0.15, 0.2) is 5.82 Å². The molecule has 0 atom stereocenters. The molecule has 132 valence electrons. The quantitative estimate of drug-likeness (QED) is 0.910. The van der Waals surface area contributed by atoms with Crippen LogP contribution in [0.5, 0.6) is 0 Å². The summed E-state index contributed by atoms with van der Waals surface area (Å²) in [6.07, 6.45) is 13.7. The molecule has 0 aromatic carbocycles. The topological polar surface area (TPSA) is 75.9 Å². The molecule has 2 aromatic heterocycles. The Morgan fingerprint density at radius 3 is 2.64 bits per heavy atom. The molecule has 2 amide bonds. The Morgan fingerprint density at radius 1 is 1.12 bits per heavy atom. The van der Waals surface area contributed by atoms with Crippen LogP contribution in [0.1, 0.15) is 44.9 Å². The van der Waals surface area contributed by atoms with E-state index >= 15 is 0 Å². The van der Waals surface area contributed by atoms with E-state index in [0.717, 1.165) is 25.9 Å².